The van der Waals surface area contributed by atoms with Gasteiger partial charge in [-0.15, -0.1) is 0 Å². The van der Waals surface area contributed by atoms with E-state index >= 15 is 0 Å². The molecule has 0 spiro atoms. The monoisotopic (exact) mass is 225 g/mol. The largest absolute Gasteiger partial charge is 0.467 e. The fraction of sp³-hybridized carbons (Fsp3) is 0.700. The zero-order valence-electron chi connectivity index (χ0n) is 10.5. The Morgan fingerprint density at radius 3 is 2.56 bits per heavy atom. The maximum Gasteiger partial charge on any atom is 0.322 e. The van der Waals surface area contributed by atoms with Gasteiger partial charge in [0.25, 0.3) is 0 Å². The molecule has 1 N–H and O–H groups in total. The summed E-state index contributed by atoms with van der Waals surface area (Å²) in [7, 11) is 5.27. The van der Waals surface area contributed by atoms with E-state index in [9.17, 15) is 0 Å². The van der Waals surface area contributed by atoms with E-state index in [1.165, 1.54) is 0 Å². The number of anilines is 2. The summed E-state index contributed by atoms with van der Waals surface area (Å²) in [5.41, 5.74) is 0. The van der Waals surface area contributed by atoms with Gasteiger partial charge in [-0.1, -0.05) is 6.92 Å². The minimum absolute atomic E-state index is 0.324. The molecule has 1 atom stereocenters. The second kappa shape index (κ2) is 5.48. The standard InChI is InChI=1S/C10H19N5O/c1-6-7(2)15(4)9-12-8(11-3)13-10(14-9)16-5/h7H,6H2,1-5H3,(H,11,12,13,14). The van der Waals surface area contributed by atoms with Crippen molar-refractivity contribution in [2.45, 2.75) is 26.3 Å². The molecule has 0 saturated heterocycles. The van der Waals surface area contributed by atoms with Crippen LogP contribution in [0.3, 0.4) is 0 Å². The van der Waals surface area contributed by atoms with Crippen LogP contribution in [0.2, 0.25) is 0 Å². The Labute approximate surface area is 96.1 Å². The van der Waals surface area contributed by atoms with Crippen molar-refractivity contribution in [1.82, 2.24) is 15.0 Å². The molecule has 0 aliphatic carbocycles. The number of aromatic nitrogens is 3. The van der Waals surface area contributed by atoms with Gasteiger partial charge in [-0.3, -0.25) is 0 Å². The topological polar surface area (TPSA) is 63.2 Å². The van der Waals surface area contributed by atoms with Gasteiger partial charge in [0.1, 0.15) is 0 Å². The molecule has 0 fully saturated rings. The third-order valence-electron chi connectivity index (χ3n) is 2.58. The van der Waals surface area contributed by atoms with Crippen molar-refractivity contribution in [3.8, 4) is 6.01 Å². The van der Waals surface area contributed by atoms with E-state index in [0.717, 1.165) is 6.42 Å². The van der Waals surface area contributed by atoms with Crippen LogP contribution in [0.1, 0.15) is 20.3 Å². The molecule has 1 aromatic heterocycles. The van der Waals surface area contributed by atoms with Crippen LogP contribution in [-0.4, -0.2) is 42.2 Å². The number of hydrogen-bond acceptors (Lipinski definition) is 6. The van der Waals surface area contributed by atoms with Gasteiger partial charge in [-0.05, 0) is 13.3 Å². The van der Waals surface area contributed by atoms with E-state index in [-0.39, 0.29) is 0 Å². The predicted molar refractivity (Wildman–Crippen MR) is 64.1 cm³/mol. The van der Waals surface area contributed by atoms with Gasteiger partial charge in [0.05, 0.1) is 7.11 Å². The van der Waals surface area contributed by atoms with Crippen molar-refractivity contribution >= 4 is 11.9 Å². The van der Waals surface area contributed by atoms with Crippen LogP contribution < -0.4 is 15.0 Å². The van der Waals surface area contributed by atoms with Crippen LogP contribution in [0.5, 0.6) is 6.01 Å². The van der Waals surface area contributed by atoms with Gasteiger partial charge >= 0.3 is 6.01 Å². The van der Waals surface area contributed by atoms with Gasteiger partial charge in [0, 0.05) is 20.1 Å². The summed E-state index contributed by atoms with van der Waals surface area (Å²) in [6, 6.07) is 0.696. The molecule has 1 rings (SSSR count). The lowest BCUT2D eigenvalue weighted by atomic mass is 10.2. The highest BCUT2D eigenvalue weighted by Crippen LogP contribution is 2.16. The average molecular weight is 225 g/mol. The van der Waals surface area contributed by atoms with E-state index in [0.29, 0.717) is 23.9 Å². The molecule has 0 aliphatic rings. The van der Waals surface area contributed by atoms with Gasteiger partial charge in [-0.25, -0.2) is 0 Å². The highest BCUT2D eigenvalue weighted by Gasteiger charge is 2.13. The molecule has 1 heterocycles. The van der Waals surface area contributed by atoms with Crippen LogP contribution in [0, 0.1) is 0 Å². The lowest BCUT2D eigenvalue weighted by Crippen LogP contribution is -2.30. The first-order valence-corrected chi connectivity index (χ1v) is 5.33. The summed E-state index contributed by atoms with van der Waals surface area (Å²) >= 11 is 0. The Kier molecular flexibility index (Phi) is 4.28. The summed E-state index contributed by atoms with van der Waals surface area (Å²) in [6.45, 7) is 4.24. The van der Waals surface area contributed by atoms with Crippen LogP contribution in [-0.2, 0) is 0 Å². The third-order valence-corrected chi connectivity index (χ3v) is 2.58. The minimum Gasteiger partial charge on any atom is -0.467 e. The van der Waals surface area contributed by atoms with Crippen molar-refractivity contribution in [3.05, 3.63) is 0 Å². The van der Waals surface area contributed by atoms with Gasteiger partial charge in [0.2, 0.25) is 11.9 Å². The predicted octanol–water partition coefficient (Wildman–Crippen LogP) is 1.16. The molecule has 0 saturated carbocycles. The summed E-state index contributed by atoms with van der Waals surface area (Å²) < 4.78 is 5.03. The Balaban J connectivity index is 3.02. The van der Waals surface area contributed by atoms with Crippen LogP contribution >= 0.6 is 0 Å². The first kappa shape index (κ1) is 12.5. The van der Waals surface area contributed by atoms with E-state index in [1.54, 1.807) is 14.2 Å². The number of rotatable bonds is 5. The first-order chi connectivity index (χ1) is 7.62. The molecular weight excluding hydrogens is 206 g/mol. The number of hydrogen-bond donors (Lipinski definition) is 1. The minimum atomic E-state index is 0.324. The zero-order valence-corrected chi connectivity index (χ0v) is 10.5. The highest BCUT2D eigenvalue weighted by atomic mass is 16.5. The summed E-state index contributed by atoms with van der Waals surface area (Å²) in [6.07, 6.45) is 1.03. The molecule has 0 aliphatic heterocycles. The number of methoxy groups -OCH3 is 1. The van der Waals surface area contributed by atoms with Crippen molar-refractivity contribution in [2.75, 3.05) is 31.4 Å². The van der Waals surface area contributed by atoms with E-state index in [2.05, 4.69) is 34.1 Å². The third kappa shape index (κ3) is 2.71. The number of nitrogens with zero attached hydrogens (tertiary/aromatic N) is 4. The quantitative estimate of drug-likeness (QED) is 0.811. The van der Waals surface area contributed by atoms with Crippen molar-refractivity contribution < 1.29 is 4.74 Å². The lowest BCUT2D eigenvalue weighted by Gasteiger charge is -2.23. The molecule has 16 heavy (non-hydrogen) atoms. The van der Waals surface area contributed by atoms with Gasteiger partial charge in [-0.2, -0.15) is 15.0 Å². The maximum atomic E-state index is 5.03. The average Bonchev–Trinajstić information content (AvgIpc) is 2.35. The molecule has 0 amide bonds. The molecule has 6 heteroatoms. The van der Waals surface area contributed by atoms with Crippen molar-refractivity contribution in [2.24, 2.45) is 0 Å². The molecule has 90 valence electrons. The fourth-order valence-corrected chi connectivity index (χ4v) is 1.18. The smallest absolute Gasteiger partial charge is 0.322 e. The Hall–Kier alpha value is -1.59. The first-order valence-electron chi connectivity index (χ1n) is 5.33. The molecule has 1 unspecified atom stereocenters. The van der Waals surface area contributed by atoms with Crippen LogP contribution in [0.15, 0.2) is 0 Å². The molecule has 0 aromatic carbocycles. The van der Waals surface area contributed by atoms with Crippen LogP contribution in [0.25, 0.3) is 0 Å². The number of nitrogens with one attached hydrogen (secondary N) is 1. The maximum absolute atomic E-state index is 5.03. The molecule has 6 nitrogen and oxygen atoms in total. The van der Waals surface area contributed by atoms with E-state index in [1.807, 2.05) is 11.9 Å². The van der Waals surface area contributed by atoms with Gasteiger partial charge in [0.15, 0.2) is 0 Å². The van der Waals surface area contributed by atoms with Crippen molar-refractivity contribution in [1.29, 1.82) is 0 Å². The Bertz CT molecular complexity index is 322. The Morgan fingerprint density at radius 2 is 2.06 bits per heavy atom. The summed E-state index contributed by atoms with van der Waals surface area (Å²) in [5.74, 6) is 1.13. The number of ether oxygens (including phenoxy) is 1. The fourth-order valence-electron chi connectivity index (χ4n) is 1.18. The SMILES string of the molecule is CCC(C)N(C)c1nc(NC)nc(OC)n1. The van der Waals surface area contributed by atoms with Crippen molar-refractivity contribution in [3.63, 3.8) is 0 Å². The van der Waals surface area contributed by atoms with E-state index in [4.69, 9.17) is 4.74 Å². The summed E-state index contributed by atoms with van der Waals surface area (Å²) in [5, 5.41) is 2.88. The molecule has 0 bridgehead atoms. The lowest BCUT2D eigenvalue weighted by molar-refractivity contribution is 0.378. The molecular formula is C10H19N5O. The van der Waals surface area contributed by atoms with Crippen LogP contribution in [0.4, 0.5) is 11.9 Å². The molecule has 1 aromatic rings. The second-order valence-corrected chi connectivity index (χ2v) is 3.56. The Morgan fingerprint density at radius 1 is 1.38 bits per heavy atom. The highest BCUT2D eigenvalue weighted by molar-refractivity contribution is 5.38. The molecule has 0 radical (unpaired) electrons. The van der Waals surface area contributed by atoms with Gasteiger partial charge < -0.3 is 15.0 Å². The summed E-state index contributed by atoms with van der Waals surface area (Å²) in [4.78, 5) is 14.6. The zero-order chi connectivity index (χ0) is 12.1. The second-order valence-electron chi connectivity index (χ2n) is 3.56. The van der Waals surface area contributed by atoms with E-state index < -0.39 is 0 Å². The normalized spacial score (nSPS) is 12.1.